The number of halogens is 2. The molecule has 0 saturated heterocycles. The molecule has 2 aromatic carbocycles. The van der Waals surface area contributed by atoms with Crippen LogP contribution in [0.1, 0.15) is 24.0 Å². The molecule has 0 saturated carbocycles. The van der Waals surface area contributed by atoms with Gasteiger partial charge in [-0.15, -0.1) is 0 Å². The predicted molar refractivity (Wildman–Crippen MR) is 77.0 cm³/mol. The lowest BCUT2D eigenvalue weighted by Crippen LogP contribution is -1.97. The lowest BCUT2D eigenvalue weighted by molar-refractivity contribution is 0.415. The molecule has 0 fully saturated rings. The Kier molecular flexibility index (Phi) is 4.15. The van der Waals surface area contributed by atoms with Gasteiger partial charge in [-0.05, 0) is 29.3 Å². The second kappa shape index (κ2) is 5.64. The van der Waals surface area contributed by atoms with Gasteiger partial charge in [0, 0.05) is 10.9 Å². The summed E-state index contributed by atoms with van der Waals surface area (Å²) >= 11 is 12.4. The molecular formula is C15H14Cl2O. The Hall–Kier alpha value is -1.18. The Morgan fingerprint density at radius 3 is 2.33 bits per heavy atom. The highest BCUT2D eigenvalue weighted by Crippen LogP contribution is 2.33. The van der Waals surface area contributed by atoms with Crippen LogP contribution in [0.3, 0.4) is 0 Å². The first-order valence-electron chi connectivity index (χ1n) is 5.71. The van der Waals surface area contributed by atoms with Gasteiger partial charge in [-0.1, -0.05) is 54.4 Å². The van der Waals surface area contributed by atoms with Crippen molar-refractivity contribution in [2.24, 2.45) is 0 Å². The van der Waals surface area contributed by atoms with Crippen molar-refractivity contribution < 1.29 is 4.74 Å². The molecule has 0 bridgehead atoms. The fourth-order valence-corrected chi connectivity index (χ4v) is 2.52. The zero-order valence-electron chi connectivity index (χ0n) is 10.3. The molecule has 0 spiro atoms. The molecule has 1 nitrogen and oxygen atoms in total. The van der Waals surface area contributed by atoms with Crippen molar-refractivity contribution in [1.82, 2.24) is 0 Å². The standard InChI is InChI=1S/C15H14Cl2O/c1-10(12-5-3-4-6-13(12)16)11-7-8-15(18-2)14(17)9-11/h3-10H,1-2H3. The number of benzene rings is 2. The maximum Gasteiger partial charge on any atom is 0.137 e. The summed E-state index contributed by atoms with van der Waals surface area (Å²) in [7, 11) is 1.61. The second-order valence-corrected chi connectivity index (χ2v) is 4.95. The van der Waals surface area contributed by atoms with Gasteiger partial charge >= 0.3 is 0 Å². The molecule has 1 unspecified atom stereocenters. The number of methoxy groups -OCH3 is 1. The van der Waals surface area contributed by atoms with Crippen molar-refractivity contribution >= 4 is 23.2 Å². The molecule has 2 rings (SSSR count). The summed E-state index contributed by atoms with van der Waals surface area (Å²) in [5.74, 6) is 0.883. The molecule has 3 heteroatoms. The van der Waals surface area contributed by atoms with Gasteiger partial charge < -0.3 is 4.74 Å². The van der Waals surface area contributed by atoms with E-state index in [0.29, 0.717) is 10.8 Å². The number of hydrogen-bond donors (Lipinski definition) is 0. The van der Waals surface area contributed by atoms with E-state index in [1.165, 1.54) is 0 Å². The van der Waals surface area contributed by atoms with E-state index in [9.17, 15) is 0 Å². The maximum absolute atomic E-state index is 6.21. The first-order chi connectivity index (χ1) is 8.63. The van der Waals surface area contributed by atoms with Gasteiger partial charge in [0.2, 0.25) is 0 Å². The summed E-state index contributed by atoms with van der Waals surface area (Å²) in [5, 5.41) is 1.39. The van der Waals surface area contributed by atoms with E-state index in [1.54, 1.807) is 7.11 Å². The van der Waals surface area contributed by atoms with E-state index in [4.69, 9.17) is 27.9 Å². The monoisotopic (exact) mass is 280 g/mol. The summed E-state index contributed by atoms with van der Waals surface area (Å²) in [6, 6.07) is 13.7. The van der Waals surface area contributed by atoms with Gasteiger partial charge in [0.1, 0.15) is 5.75 Å². The molecule has 0 aliphatic carbocycles. The molecule has 0 amide bonds. The summed E-state index contributed by atoms with van der Waals surface area (Å²) in [6.07, 6.45) is 0. The van der Waals surface area contributed by atoms with Crippen molar-refractivity contribution in [2.75, 3.05) is 7.11 Å². The van der Waals surface area contributed by atoms with Gasteiger partial charge in [-0.3, -0.25) is 0 Å². The summed E-state index contributed by atoms with van der Waals surface area (Å²) in [4.78, 5) is 0. The van der Waals surface area contributed by atoms with Crippen molar-refractivity contribution in [2.45, 2.75) is 12.8 Å². The van der Waals surface area contributed by atoms with Crippen molar-refractivity contribution in [1.29, 1.82) is 0 Å². The smallest absolute Gasteiger partial charge is 0.137 e. The number of ether oxygens (including phenoxy) is 1. The second-order valence-electron chi connectivity index (χ2n) is 4.14. The minimum absolute atomic E-state index is 0.196. The Morgan fingerprint density at radius 1 is 1.00 bits per heavy atom. The highest BCUT2D eigenvalue weighted by molar-refractivity contribution is 6.32. The first-order valence-corrected chi connectivity index (χ1v) is 6.47. The lowest BCUT2D eigenvalue weighted by atomic mass is 9.93. The van der Waals surface area contributed by atoms with Gasteiger partial charge in [0.15, 0.2) is 0 Å². The molecule has 2 aromatic rings. The number of hydrogen-bond acceptors (Lipinski definition) is 1. The fraction of sp³-hybridized carbons (Fsp3) is 0.200. The highest BCUT2D eigenvalue weighted by atomic mass is 35.5. The molecule has 94 valence electrons. The summed E-state index contributed by atoms with van der Waals surface area (Å²) < 4.78 is 5.15. The maximum atomic E-state index is 6.21. The van der Waals surface area contributed by atoms with E-state index >= 15 is 0 Å². The topological polar surface area (TPSA) is 9.23 Å². The van der Waals surface area contributed by atoms with Gasteiger partial charge in [0.25, 0.3) is 0 Å². The Bertz CT molecular complexity index is 552. The van der Waals surface area contributed by atoms with Gasteiger partial charge in [0.05, 0.1) is 12.1 Å². The number of rotatable bonds is 3. The molecule has 0 radical (unpaired) electrons. The van der Waals surface area contributed by atoms with Crippen molar-refractivity contribution in [3.63, 3.8) is 0 Å². The van der Waals surface area contributed by atoms with Gasteiger partial charge in [-0.2, -0.15) is 0 Å². The van der Waals surface area contributed by atoms with Crippen molar-refractivity contribution in [3.8, 4) is 5.75 Å². The third-order valence-electron chi connectivity index (χ3n) is 3.05. The molecule has 0 N–H and O–H groups in total. The van der Waals surface area contributed by atoms with Crippen LogP contribution in [0.5, 0.6) is 5.75 Å². The first kappa shape index (κ1) is 13.3. The fourth-order valence-electron chi connectivity index (χ4n) is 1.96. The van der Waals surface area contributed by atoms with E-state index in [1.807, 2.05) is 42.5 Å². The van der Waals surface area contributed by atoms with E-state index < -0.39 is 0 Å². The van der Waals surface area contributed by atoms with E-state index in [2.05, 4.69) is 6.92 Å². The summed E-state index contributed by atoms with van der Waals surface area (Å²) in [5.41, 5.74) is 2.22. The molecule has 0 heterocycles. The minimum Gasteiger partial charge on any atom is -0.495 e. The zero-order chi connectivity index (χ0) is 13.1. The molecular weight excluding hydrogens is 267 g/mol. The lowest BCUT2D eigenvalue weighted by Gasteiger charge is -2.15. The van der Waals surface area contributed by atoms with Crippen LogP contribution in [-0.4, -0.2) is 7.11 Å². The average Bonchev–Trinajstić information content (AvgIpc) is 2.38. The van der Waals surface area contributed by atoms with Crippen LogP contribution in [-0.2, 0) is 0 Å². The van der Waals surface area contributed by atoms with E-state index in [0.717, 1.165) is 16.1 Å². The van der Waals surface area contributed by atoms with Crippen LogP contribution in [0.2, 0.25) is 10.0 Å². The summed E-state index contributed by atoms with van der Waals surface area (Å²) in [6.45, 7) is 2.11. The van der Waals surface area contributed by atoms with Crippen LogP contribution in [0.25, 0.3) is 0 Å². The van der Waals surface area contributed by atoms with Crippen LogP contribution < -0.4 is 4.74 Å². The molecule has 0 aliphatic rings. The van der Waals surface area contributed by atoms with Crippen LogP contribution in [0.15, 0.2) is 42.5 Å². The zero-order valence-corrected chi connectivity index (χ0v) is 11.8. The largest absolute Gasteiger partial charge is 0.495 e. The SMILES string of the molecule is COc1ccc(C(C)c2ccccc2Cl)cc1Cl. The quantitative estimate of drug-likeness (QED) is 0.755. The Labute approximate surface area is 117 Å². The molecule has 0 aliphatic heterocycles. The predicted octanol–water partition coefficient (Wildman–Crippen LogP) is 5.15. The van der Waals surface area contributed by atoms with Crippen LogP contribution in [0.4, 0.5) is 0 Å². The van der Waals surface area contributed by atoms with Crippen molar-refractivity contribution in [3.05, 3.63) is 63.6 Å². The molecule has 18 heavy (non-hydrogen) atoms. The van der Waals surface area contributed by atoms with E-state index in [-0.39, 0.29) is 5.92 Å². The third-order valence-corrected chi connectivity index (χ3v) is 3.69. The normalized spacial score (nSPS) is 12.2. The van der Waals surface area contributed by atoms with Crippen LogP contribution >= 0.6 is 23.2 Å². The highest BCUT2D eigenvalue weighted by Gasteiger charge is 2.13. The average molecular weight is 281 g/mol. The molecule has 0 aromatic heterocycles. The Balaban J connectivity index is 2.37. The van der Waals surface area contributed by atoms with Crippen LogP contribution in [0, 0.1) is 0 Å². The minimum atomic E-state index is 0.196. The Morgan fingerprint density at radius 2 is 1.72 bits per heavy atom. The van der Waals surface area contributed by atoms with Gasteiger partial charge in [-0.25, -0.2) is 0 Å². The molecule has 1 atom stereocenters. The third kappa shape index (κ3) is 2.63.